The fourth-order valence-electron chi connectivity index (χ4n) is 2.02. The van der Waals surface area contributed by atoms with Crippen molar-refractivity contribution in [3.63, 3.8) is 0 Å². The molecule has 0 atom stereocenters. The Bertz CT molecular complexity index is 525. The van der Waals surface area contributed by atoms with Crippen molar-refractivity contribution in [2.45, 2.75) is 6.54 Å². The van der Waals surface area contributed by atoms with Crippen LogP contribution in [-0.2, 0) is 20.8 Å². The highest BCUT2D eigenvalue weighted by molar-refractivity contribution is 5.83. The number of nitrogen functional groups attached to an aromatic ring is 1. The van der Waals surface area contributed by atoms with Crippen LogP contribution in [0.1, 0.15) is 0 Å². The number of fused-ring (bicyclic) bond motifs is 1. The van der Waals surface area contributed by atoms with Crippen molar-refractivity contribution in [1.82, 2.24) is 4.57 Å². The van der Waals surface area contributed by atoms with E-state index >= 15 is 0 Å². The molecule has 2 N–H and O–H groups in total. The van der Waals surface area contributed by atoms with Gasteiger partial charge in [-0.05, 0) is 23.6 Å². The largest absolute Gasteiger partial charge is 0.399 e. The number of aromatic nitrogens is 1. The topological polar surface area (TPSA) is 58.6 Å². The molecule has 5 nitrogen and oxygen atoms in total. The highest BCUT2D eigenvalue weighted by Crippen LogP contribution is 2.18. The first-order chi connectivity index (χ1) is 9.81. The van der Waals surface area contributed by atoms with Crippen LogP contribution in [0.3, 0.4) is 0 Å². The summed E-state index contributed by atoms with van der Waals surface area (Å²) in [5, 5.41) is 1.20. The number of hydrogen-bond donors (Lipinski definition) is 1. The van der Waals surface area contributed by atoms with Crippen molar-refractivity contribution >= 4 is 16.6 Å². The molecule has 0 bridgehead atoms. The van der Waals surface area contributed by atoms with Gasteiger partial charge >= 0.3 is 0 Å². The molecular formula is C15H22N2O3. The predicted octanol–water partition coefficient (Wildman–Crippen LogP) is 1.90. The average Bonchev–Trinajstić information content (AvgIpc) is 2.84. The van der Waals surface area contributed by atoms with Crippen LogP contribution in [0.4, 0.5) is 5.69 Å². The third kappa shape index (κ3) is 4.23. The van der Waals surface area contributed by atoms with E-state index in [-0.39, 0.29) is 0 Å². The smallest absolute Gasteiger partial charge is 0.0701 e. The molecule has 2 aromatic rings. The molecule has 110 valence electrons. The molecule has 0 aliphatic rings. The van der Waals surface area contributed by atoms with E-state index in [0.717, 1.165) is 17.7 Å². The minimum atomic E-state index is 0.600. The van der Waals surface area contributed by atoms with Crippen molar-refractivity contribution in [3.05, 3.63) is 30.5 Å². The summed E-state index contributed by atoms with van der Waals surface area (Å²) < 4.78 is 17.9. The molecule has 0 saturated heterocycles. The highest BCUT2D eigenvalue weighted by atomic mass is 16.5. The molecule has 1 heterocycles. The second-order valence-electron chi connectivity index (χ2n) is 4.54. The van der Waals surface area contributed by atoms with E-state index in [2.05, 4.69) is 16.8 Å². The Hall–Kier alpha value is -1.56. The number of benzene rings is 1. The van der Waals surface area contributed by atoms with Gasteiger partial charge in [-0.2, -0.15) is 0 Å². The van der Waals surface area contributed by atoms with Crippen LogP contribution in [-0.4, -0.2) is 44.7 Å². The Labute approximate surface area is 119 Å². The first kappa shape index (κ1) is 14.8. The second-order valence-corrected chi connectivity index (χ2v) is 4.54. The number of methoxy groups -OCH3 is 1. The van der Waals surface area contributed by atoms with Crippen LogP contribution in [0.15, 0.2) is 30.5 Å². The standard InChI is InChI=1S/C15H22N2O3/c1-18-8-9-20-11-10-19-7-6-17-5-4-13-2-3-14(16)12-15(13)17/h2-5,12H,6-11,16H2,1H3. The summed E-state index contributed by atoms with van der Waals surface area (Å²) in [5.74, 6) is 0. The lowest BCUT2D eigenvalue weighted by Gasteiger charge is -2.08. The predicted molar refractivity (Wildman–Crippen MR) is 79.9 cm³/mol. The molecule has 5 heteroatoms. The van der Waals surface area contributed by atoms with Gasteiger partial charge in [0.1, 0.15) is 0 Å². The molecule has 0 unspecified atom stereocenters. The molecule has 2 rings (SSSR count). The molecule has 0 amide bonds. The van der Waals surface area contributed by atoms with E-state index in [1.165, 1.54) is 5.39 Å². The fraction of sp³-hybridized carbons (Fsp3) is 0.467. The highest BCUT2D eigenvalue weighted by Gasteiger charge is 2.01. The molecule has 20 heavy (non-hydrogen) atoms. The van der Waals surface area contributed by atoms with E-state index in [1.54, 1.807) is 7.11 Å². The van der Waals surface area contributed by atoms with Crippen molar-refractivity contribution in [2.75, 3.05) is 45.9 Å². The van der Waals surface area contributed by atoms with Crippen molar-refractivity contribution in [3.8, 4) is 0 Å². The number of rotatable bonds is 9. The van der Waals surface area contributed by atoms with E-state index in [0.29, 0.717) is 33.0 Å². The van der Waals surface area contributed by atoms with Gasteiger partial charge in [-0.1, -0.05) is 6.07 Å². The van der Waals surface area contributed by atoms with Gasteiger partial charge in [0, 0.05) is 25.5 Å². The maximum atomic E-state index is 5.81. The Morgan fingerprint density at radius 3 is 2.55 bits per heavy atom. The van der Waals surface area contributed by atoms with E-state index in [4.69, 9.17) is 19.9 Å². The summed E-state index contributed by atoms with van der Waals surface area (Å²) in [4.78, 5) is 0. The summed E-state index contributed by atoms with van der Waals surface area (Å²) in [6.07, 6.45) is 2.06. The van der Waals surface area contributed by atoms with Gasteiger partial charge in [0.2, 0.25) is 0 Å². The van der Waals surface area contributed by atoms with Crippen LogP contribution >= 0.6 is 0 Å². The summed E-state index contributed by atoms with van der Waals surface area (Å²) in [5.41, 5.74) is 7.74. The summed E-state index contributed by atoms with van der Waals surface area (Å²) in [7, 11) is 1.66. The maximum Gasteiger partial charge on any atom is 0.0701 e. The third-order valence-corrected chi connectivity index (χ3v) is 3.08. The summed E-state index contributed by atoms with van der Waals surface area (Å²) in [6, 6.07) is 8.03. The zero-order chi connectivity index (χ0) is 14.2. The number of ether oxygens (including phenoxy) is 3. The lowest BCUT2D eigenvalue weighted by Crippen LogP contribution is -2.11. The quantitative estimate of drug-likeness (QED) is 0.562. The van der Waals surface area contributed by atoms with Crippen LogP contribution in [0, 0.1) is 0 Å². The molecule has 1 aromatic carbocycles. The van der Waals surface area contributed by atoms with Crippen LogP contribution in [0.25, 0.3) is 10.9 Å². The van der Waals surface area contributed by atoms with Gasteiger partial charge in [0.25, 0.3) is 0 Å². The van der Waals surface area contributed by atoms with E-state index < -0.39 is 0 Å². The fourth-order valence-corrected chi connectivity index (χ4v) is 2.02. The lowest BCUT2D eigenvalue weighted by molar-refractivity contribution is 0.0232. The Kier molecular flexibility index (Phi) is 5.86. The zero-order valence-corrected chi connectivity index (χ0v) is 11.9. The van der Waals surface area contributed by atoms with Gasteiger partial charge in [-0.25, -0.2) is 0 Å². The molecule has 1 aromatic heterocycles. The zero-order valence-electron chi connectivity index (χ0n) is 11.9. The minimum absolute atomic E-state index is 0.600. The van der Waals surface area contributed by atoms with Gasteiger partial charge in [-0.3, -0.25) is 0 Å². The number of nitrogens with two attached hydrogens (primary N) is 1. The molecule has 0 aliphatic heterocycles. The summed E-state index contributed by atoms with van der Waals surface area (Å²) in [6.45, 7) is 3.91. The first-order valence-corrected chi connectivity index (χ1v) is 6.80. The Morgan fingerprint density at radius 2 is 1.75 bits per heavy atom. The van der Waals surface area contributed by atoms with E-state index in [9.17, 15) is 0 Å². The molecule has 0 spiro atoms. The lowest BCUT2D eigenvalue weighted by atomic mass is 10.2. The van der Waals surface area contributed by atoms with Gasteiger partial charge in [-0.15, -0.1) is 0 Å². The first-order valence-electron chi connectivity index (χ1n) is 6.80. The van der Waals surface area contributed by atoms with Crippen LogP contribution in [0.2, 0.25) is 0 Å². The monoisotopic (exact) mass is 278 g/mol. The molecule has 0 radical (unpaired) electrons. The number of hydrogen-bond acceptors (Lipinski definition) is 4. The summed E-state index contributed by atoms with van der Waals surface area (Å²) >= 11 is 0. The Morgan fingerprint density at radius 1 is 1.00 bits per heavy atom. The van der Waals surface area contributed by atoms with Crippen molar-refractivity contribution in [2.24, 2.45) is 0 Å². The van der Waals surface area contributed by atoms with Gasteiger partial charge in [0.15, 0.2) is 0 Å². The minimum Gasteiger partial charge on any atom is -0.399 e. The van der Waals surface area contributed by atoms with E-state index in [1.807, 2.05) is 18.2 Å². The number of anilines is 1. The third-order valence-electron chi connectivity index (χ3n) is 3.08. The normalized spacial score (nSPS) is 11.2. The molecular weight excluding hydrogens is 256 g/mol. The van der Waals surface area contributed by atoms with Crippen molar-refractivity contribution in [1.29, 1.82) is 0 Å². The molecule has 0 fully saturated rings. The maximum absolute atomic E-state index is 5.81. The number of nitrogens with zero attached hydrogens (tertiary/aromatic N) is 1. The van der Waals surface area contributed by atoms with Gasteiger partial charge in [0.05, 0.1) is 38.6 Å². The van der Waals surface area contributed by atoms with Crippen molar-refractivity contribution < 1.29 is 14.2 Å². The van der Waals surface area contributed by atoms with Crippen LogP contribution < -0.4 is 5.73 Å². The SMILES string of the molecule is COCCOCCOCCn1ccc2ccc(N)cc21. The van der Waals surface area contributed by atoms with Gasteiger partial charge < -0.3 is 24.5 Å². The molecule has 0 saturated carbocycles. The molecule has 0 aliphatic carbocycles. The average molecular weight is 278 g/mol. The Balaban J connectivity index is 1.69. The van der Waals surface area contributed by atoms with Crippen LogP contribution in [0.5, 0.6) is 0 Å². The second kappa shape index (κ2) is 7.89.